The van der Waals surface area contributed by atoms with Crippen LogP contribution in [0.1, 0.15) is 30.4 Å². The SMILES string of the molecule is O=C(CN1C(=O)/C(=C\c2cccc(F)c2)Oc2ccccc21)NCCCN1CCC(Cc2ccccc2)CC1. The van der Waals surface area contributed by atoms with Crippen molar-refractivity contribution in [1.29, 1.82) is 0 Å². The molecule has 1 fully saturated rings. The highest BCUT2D eigenvalue weighted by Gasteiger charge is 2.31. The van der Waals surface area contributed by atoms with Gasteiger partial charge in [0.05, 0.1) is 5.69 Å². The Bertz CT molecular complexity index is 1320. The minimum Gasteiger partial charge on any atom is -0.449 e. The predicted molar refractivity (Wildman–Crippen MR) is 151 cm³/mol. The van der Waals surface area contributed by atoms with Crippen molar-refractivity contribution in [2.24, 2.45) is 5.92 Å². The summed E-state index contributed by atoms with van der Waals surface area (Å²) < 4.78 is 19.5. The van der Waals surface area contributed by atoms with Crippen LogP contribution in [0.2, 0.25) is 0 Å². The molecule has 2 heterocycles. The Hall–Kier alpha value is -3.97. The molecule has 0 saturated carbocycles. The zero-order valence-corrected chi connectivity index (χ0v) is 22.0. The van der Waals surface area contributed by atoms with Crippen molar-refractivity contribution < 1.29 is 18.7 Å². The van der Waals surface area contributed by atoms with E-state index in [1.807, 2.05) is 0 Å². The number of nitrogens with zero attached hydrogens (tertiary/aromatic N) is 2. The molecule has 0 spiro atoms. The number of carbonyl (C=O) groups excluding carboxylic acids is 2. The normalized spacial score (nSPS) is 17.1. The number of para-hydroxylation sites is 2. The molecule has 0 aliphatic carbocycles. The Balaban J connectivity index is 1.10. The molecule has 2 aliphatic rings. The van der Waals surface area contributed by atoms with Gasteiger partial charge >= 0.3 is 0 Å². The Kier molecular flexibility index (Phi) is 8.68. The number of ether oxygens (including phenoxy) is 1. The molecule has 1 saturated heterocycles. The van der Waals surface area contributed by atoms with E-state index in [1.165, 1.54) is 41.5 Å². The molecular formula is C32H34FN3O3. The Labute approximate surface area is 229 Å². The van der Waals surface area contributed by atoms with Gasteiger partial charge in [0.1, 0.15) is 12.4 Å². The second-order valence-corrected chi connectivity index (χ2v) is 10.2. The van der Waals surface area contributed by atoms with Crippen molar-refractivity contribution >= 4 is 23.6 Å². The van der Waals surface area contributed by atoms with Gasteiger partial charge in [0.15, 0.2) is 11.5 Å². The van der Waals surface area contributed by atoms with E-state index < -0.39 is 11.7 Å². The van der Waals surface area contributed by atoms with E-state index in [-0.39, 0.29) is 18.2 Å². The van der Waals surface area contributed by atoms with E-state index in [4.69, 9.17) is 4.74 Å². The number of hydrogen-bond donors (Lipinski definition) is 1. The van der Waals surface area contributed by atoms with Crippen LogP contribution in [0.3, 0.4) is 0 Å². The van der Waals surface area contributed by atoms with E-state index in [9.17, 15) is 14.0 Å². The molecule has 2 amide bonds. The maximum Gasteiger partial charge on any atom is 0.294 e. The van der Waals surface area contributed by atoms with Crippen LogP contribution >= 0.6 is 0 Å². The summed E-state index contributed by atoms with van der Waals surface area (Å²) in [5.74, 6) is 0.183. The van der Waals surface area contributed by atoms with Crippen LogP contribution in [-0.4, -0.2) is 49.4 Å². The monoisotopic (exact) mass is 527 g/mol. The number of nitrogens with one attached hydrogen (secondary N) is 1. The molecule has 3 aromatic carbocycles. The highest BCUT2D eigenvalue weighted by Crippen LogP contribution is 2.35. The van der Waals surface area contributed by atoms with E-state index in [2.05, 4.69) is 40.5 Å². The van der Waals surface area contributed by atoms with Gasteiger partial charge in [0.25, 0.3) is 5.91 Å². The summed E-state index contributed by atoms with van der Waals surface area (Å²) in [6, 6.07) is 23.7. The molecule has 0 atom stereocenters. The fourth-order valence-electron chi connectivity index (χ4n) is 5.26. The van der Waals surface area contributed by atoms with Crippen molar-refractivity contribution in [2.45, 2.75) is 25.7 Å². The van der Waals surface area contributed by atoms with Gasteiger partial charge in [-0.2, -0.15) is 0 Å². The van der Waals surface area contributed by atoms with Crippen LogP contribution in [0.4, 0.5) is 10.1 Å². The molecule has 0 radical (unpaired) electrons. The number of likely N-dealkylation sites (tertiary alicyclic amines) is 1. The summed E-state index contributed by atoms with van der Waals surface area (Å²) in [7, 11) is 0. The second kappa shape index (κ2) is 12.7. The zero-order valence-electron chi connectivity index (χ0n) is 22.0. The molecule has 39 heavy (non-hydrogen) atoms. The highest BCUT2D eigenvalue weighted by atomic mass is 19.1. The van der Waals surface area contributed by atoms with E-state index in [1.54, 1.807) is 36.4 Å². The van der Waals surface area contributed by atoms with E-state index >= 15 is 0 Å². The molecule has 0 aromatic heterocycles. The average Bonchev–Trinajstić information content (AvgIpc) is 2.95. The fourth-order valence-corrected chi connectivity index (χ4v) is 5.26. The Morgan fingerprint density at radius 1 is 1.00 bits per heavy atom. The minimum atomic E-state index is -0.438. The number of anilines is 1. The van der Waals surface area contributed by atoms with Crippen LogP contribution in [-0.2, 0) is 16.0 Å². The number of carbonyl (C=O) groups is 2. The molecule has 3 aromatic rings. The molecular weight excluding hydrogens is 493 g/mol. The summed E-state index contributed by atoms with van der Waals surface area (Å²) in [5.41, 5.74) is 2.45. The number of rotatable bonds is 9. The van der Waals surface area contributed by atoms with Gasteiger partial charge < -0.3 is 15.0 Å². The number of piperidine rings is 1. The maximum atomic E-state index is 13.6. The number of hydrogen-bond acceptors (Lipinski definition) is 4. The van der Waals surface area contributed by atoms with Crippen molar-refractivity contribution in [1.82, 2.24) is 10.2 Å². The second-order valence-electron chi connectivity index (χ2n) is 10.2. The lowest BCUT2D eigenvalue weighted by Gasteiger charge is -2.32. The number of benzene rings is 3. The average molecular weight is 528 g/mol. The van der Waals surface area contributed by atoms with Gasteiger partial charge in [-0.15, -0.1) is 0 Å². The largest absolute Gasteiger partial charge is 0.449 e. The molecule has 6 nitrogen and oxygen atoms in total. The van der Waals surface area contributed by atoms with E-state index in [0.29, 0.717) is 23.5 Å². The smallest absolute Gasteiger partial charge is 0.294 e. The molecule has 2 aliphatic heterocycles. The lowest BCUT2D eigenvalue weighted by atomic mass is 9.90. The van der Waals surface area contributed by atoms with Crippen molar-refractivity contribution in [2.75, 3.05) is 37.6 Å². The van der Waals surface area contributed by atoms with E-state index in [0.717, 1.165) is 38.4 Å². The first-order valence-corrected chi connectivity index (χ1v) is 13.6. The zero-order chi connectivity index (χ0) is 27.0. The Morgan fingerprint density at radius 3 is 2.56 bits per heavy atom. The van der Waals surface area contributed by atoms with Gasteiger partial charge in [-0.3, -0.25) is 14.5 Å². The quantitative estimate of drug-likeness (QED) is 0.312. The third-order valence-corrected chi connectivity index (χ3v) is 7.33. The van der Waals surface area contributed by atoms with Crippen LogP contribution < -0.4 is 15.0 Å². The standard InChI is InChI=1S/C32H34FN3O3/c33-27-11-6-10-26(21-27)22-30-32(38)36(28-12-4-5-13-29(28)39-30)23-31(37)34-16-7-17-35-18-14-25(15-19-35)20-24-8-2-1-3-9-24/h1-6,8-13,21-22,25H,7,14-20,23H2,(H,34,37)/b30-22+. The van der Waals surface area contributed by atoms with Crippen LogP contribution in [0.25, 0.3) is 6.08 Å². The summed E-state index contributed by atoms with van der Waals surface area (Å²) in [6.07, 6.45) is 5.90. The molecule has 202 valence electrons. The summed E-state index contributed by atoms with van der Waals surface area (Å²) in [5, 5.41) is 2.96. The summed E-state index contributed by atoms with van der Waals surface area (Å²) in [6.45, 7) is 3.55. The van der Waals surface area contributed by atoms with Gasteiger partial charge in [-0.1, -0.05) is 54.6 Å². The van der Waals surface area contributed by atoms with Gasteiger partial charge in [0.2, 0.25) is 5.91 Å². The van der Waals surface area contributed by atoms with Gasteiger partial charge in [-0.25, -0.2) is 4.39 Å². The van der Waals surface area contributed by atoms with Crippen molar-refractivity contribution in [3.8, 4) is 5.75 Å². The molecule has 0 bridgehead atoms. The first-order chi connectivity index (χ1) is 19.0. The molecule has 0 unspecified atom stereocenters. The lowest BCUT2D eigenvalue weighted by molar-refractivity contribution is -0.123. The third-order valence-electron chi connectivity index (χ3n) is 7.33. The first kappa shape index (κ1) is 26.6. The fraction of sp³-hybridized carbons (Fsp3) is 0.312. The predicted octanol–water partition coefficient (Wildman–Crippen LogP) is 5.05. The van der Waals surface area contributed by atoms with Crippen molar-refractivity contribution in [3.63, 3.8) is 0 Å². The maximum absolute atomic E-state index is 13.6. The number of fused-ring (bicyclic) bond motifs is 1. The lowest BCUT2D eigenvalue weighted by Crippen LogP contribution is -2.44. The van der Waals surface area contributed by atoms with Crippen molar-refractivity contribution in [3.05, 3.63) is 102 Å². The van der Waals surface area contributed by atoms with Crippen LogP contribution in [0.15, 0.2) is 84.6 Å². The third kappa shape index (κ3) is 7.12. The van der Waals surface area contributed by atoms with Gasteiger partial charge in [0, 0.05) is 6.54 Å². The van der Waals surface area contributed by atoms with Crippen LogP contribution in [0.5, 0.6) is 5.75 Å². The first-order valence-electron chi connectivity index (χ1n) is 13.6. The van der Waals surface area contributed by atoms with Crippen LogP contribution in [0, 0.1) is 11.7 Å². The minimum absolute atomic E-state index is 0.0442. The molecule has 1 N–H and O–H groups in total. The summed E-state index contributed by atoms with van der Waals surface area (Å²) >= 11 is 0. The number of halogens is 1. The summed E-state index contributed by atoms with van der Waals surface area (Å²) in [4.78, 5) is 29.9. The number of amides is 2. The molecule has 7 heteroatoms. The highest BCUT2D eigenvalue weighted by molar-refractivity contribution is 6.12. The topological polar surface area (TPSA) is 61.9 Å². The van der Waals surface area contributed by atoms with Gasteiger partial charge in [-0.05, 0) is 92.7 Å². The molecule has 5 rings (SSSR count). The Morgan fingerprint density at radius 2 is 1.77 bits per heavy atom.